The summed E-state index contributed by atoms with van der Waals surface area (Å²) >= 11 is 0. The van der Waals surface area contributed by atoms with E-state index in [0.717, 1.165) is 22.6 Å². The Balaban J connectivity index is 2.05. The maximum atomic E-state index is 9.02. The van der Waals surface area contributed by atoms with Crippen molar-refractivity contribution >= 4 is 5.69 Å². The third kappa shape index (κ3) is 2.98. The van der Waals surface area contributed by atoms with E-state index in [1.165, 1.54) is 0 Å². The van der Waals surface area contributed by atoms with Crippen LogP contribution in [0.15, 0.2) is 48.5 Å². The Morgan fingerprint density at radius 1 is 1.06 bits per heavy atom. The second-order valence-electron chi connectivity index (χ2n) is 3.79. The Hall–Kier alpha value is -2.00. The second kappa shape index (κ2) is 5.37. The first kappa shape index (κ1) is 11.5. The van der Waals surface area contributed by atoms with Crippen molar-refractivity contribution in [3.05, 3.63) is 59.7 Å². The van der Waals surface area contributed by atoms with Gasteiger partial charge in [0.15, 0.2) is 0 Å². The van der Waals surface area contributed by atoms with Gasteiger partial charge in [0.05, 0.1) is 6.61 Å². The summed E-state index contributed by atoms with van der Waals surface area (Å²) < 4.78 is 5.62. The van der Waals surface area contributed by atoms with Gasteiger partial charge >= 0.3 is 0 Å². The van der Waals surface area contributed by atoms with Crippen molar-refractivity contribution in [2.75, 3.05) is 5.73 Å². The summed E-state index contributed by atoms with van der Waals surface area (Å²) in [5, 5.41) is 9.02. The lowest BCUT2D eigenvalue weighted by molar-refractivity contribution is 0.278. The van der Waals surface area contributed by atoms with Crippen LogP contribution in [-0.2, 0) is 13.2 Å². The molecular formula is C14H15NO2. The highest BCUT2D eigenvalue weighted by molar-refractivity contribution is 5.46. The topological polar surface area (TPSA) is 55.5 Å². The molecule has 0 bridgehead atoms. The van der Waals surface area contributed by atoms with E-state index in [4.69, 9.17) is 15.6 Å². The normalized spacial score (nSPS) is 10.2. The van der Waals surface area contributed by atoms with Crippen LogP contribution < -0.4 is 10.5 Å². The van der Waals surface area contributed by atoms with Crippen LogP contribution in [0.3, 0.4) is 0 Å². The molecule has 0 fully saturated rings. The molecule has 0 unspecified atom stereocenters. The van der Waals surface area contributed by atoms with Crippen molar-refractivity contribution in [2.24, 2.45) is 0 Å². The maximum absolute atomic E-state index is 9.02. The zero-order valence-corrected chi connectivity index (χ0v) is 9.47. The summed E-state index contributed by atoms with van der Waals surface area (Å²) in [4.78, 5) is 0. The molecule has 0 aliphatic heterocycles. The van der Waals surface area contributed by atoms with Gasteiger partial charge in [-0.3, -0.25) is 0 Å². The summed E-state index contributed by atoms with van der Waals surface area (Å²) in [5.41, 5.74) is 8.35. The number of rotatable bonds is 4. The molecule has 17 heavy (non-hydrogen) atoms. The molecule has 0 atom stereocenters. The molecular weight excluding hydrogens is 214 g/mol. The third-order valence-corrected chi connectivity index (χ3v) is 2.53. The van der Waals surface area contributed by atoms with Gasteiger partial charge < -0.3 is 15.6 Å². The van der Waals surface area contributed by atoms with Gasteiger partial charge in [-0.2, -0.15) is 0 Å². The number of aliphatic hydroxyl groups excluding tert-OH is 1. The molecule has 3 nitrogen and oxygen atoms in total. The first-order valence-electron chi connectivity index (χ1n) is 5.45. The summed E-state index contributed by atoms with van der Waals surface area (Å²) in [5.74, 6) is 0.736. The van der Waals surface area contributed by atoms with Crippen LogP contribution >= 0.6 is 0 Å². The highest BCUT2D eigenvalue weighted by atomic mass is 16.5. The summed E-state index contributed by atoms with van der Waals surface area (Å²) in [7, 11) is 0. The highest BCUT2D eigenvalue weighted by Crippen LogP contribution is 2.17. The van der Waals surface area contributed by atoms with Crippen LogP contribution in [0.1, 0.15) is 11.1 Å². The first-order valence-corrected chi connectivity index (χ1v) is 5.45. The first-order chi connectivity index (χ1) is 8.29. The molecule has 0 radical (unpaired) electrons. The second-order valence-corrected chi connectivity index (χ2v) is 3.79. The molecule has 0 spiro atoms. The van der Waals surface area contributed by atoms with Crippen LogP contribution in [0.4, 0.5) is 5.69 Å². The van der Waals surface area contributed by atoms with Gasteiger partial charge in [0.1, 0.15) is 12.4 Å². The predicted molar refractivity (Wildman–Crippen MR) is 67.6 cm³/mol. The lowest BCUT2D eigenvalue weighted by Crippen LogP contribution is -2.00. The van der Waals surface area contributed by atoms with Gasteiger partial charge in [0.2, 0.25) is 0 Å². The van der Waals surface area contributed by atoms with Crippen molar-refractivity contribution in [1.29, 1.82) is 0 Å². The molecule has 0 aliphatic rings. The van der Waals surface area contributed by atoms with Gasteiger partial charge in [-0.05, 0) is 23.8 Å². The van der Waals surface area contributed by atoms with Crippen molar-refractivity contribution < 1.29 is 9.84 Å². The van der Waals surface area contributed by atoms with Gasteiger partial charge in [0, 0.05) is 11.3 Å². The number of nitrogens with two attached hydrogens (primary N) is 1. The van der Waals surface area contributed by atoms with Gasteiger partial charge in [-0.15, -0.1) is 0 Å². The Kier molecular flexibility index (Phi) is 3.62. The maximum Gasteiger partial charge on any atom is 0.120 e. The zero-order chi connectivity index (χ0) is 12.1. The number of ether oxygens (including phenoxy) is 1. The van der Waals surface area contributed by atoms with Crippen molar-refractivity contribution in [2.45, 2.75) is 13.2 Å². The number of aliphatic hydroxyl groups is 1. The number of benzene rings is 2. The zero-order valence-electron chi connectivity index (χ0n) is 9.47. The Morgan fingerprint density at radius 2 is 1.88 bits per heavy atom. The lowest BCUT2D eigenvalue weighted by atomic mass is 10.2. The third-order valence-electron chi connectivity index (χ3n) is 2.53. The summed E-state index contributed by atoms with van der Waals surface area (Å²) in [6, 6.07) is 15.0. The average molecular weight is 229 g/mol. The number of anilines is 1. The molecule has 0 amide bonds. The Labute approximate surface area is 100 Å². The van der Waals surface area contributed by atoms with Crippen molar-refractivity contribution in [1.82, 2.24) is 0 Å². The molecule has 3 N–H and O–H groups in total. The molecule has 0 aromatic heterocycles. The van der Waals surface area contributed by atoms with E-state index in [1.807, 2.05) is 48.5 Å². The van der Waals surface area contributed by atoms with E-state index in [0.29, 0.717) is 6.61 Å². The van der Waals surface area contributed by atoms with Crippen LogP contribution in [-0.4, -0.2) is 5.11 Å². The summed E-state index contributed by atoms with van der Waals surface area (Å²) in [6.07, 6.45) is 0. The number of nitrogen functional groups attached to an aromatic ring is 1. The highest BCUT2D eigenvalue weighted by Gasteiger charge is 2.00. The van der Waals surface area contributed by atoms with E-state index in [-0.39, 0.29) is 6.61 Å². The van der Waals surface area contributed by atoms with Crippen molar-refractivity contribution in [3.63, 3.8) is 0 Å². The van der Waals surface area contributed by atoms with E-state index in [9.17, 15) is 0 Å². The van der Waals surface area contributed by atoms with Crippen LogP contribution in [0.25, 0.3) is 0 Å². The fourth-order valence-corrected chi connectivity index (χ4v) is 1.56. The predicted octanol–water partition coefficient (Wildman–Crippen LogP) is 2.34. The standard InChI is InChI=1S/C14H15NO2/c15-14-7-2-1-5-12(14)10-17-13-6-3-4-11(8-13)9-16/h1-8,16H,9-10,15H2. The minimum atomic E-state index is 0.0185. The number of hydrogen-bond acceptors (Lipinski definition) is 3. The number of hydrogen-bond donors (Lipinski definition) is 2. The van der Waals surface area contributed by atoms with Crippen LogP contribution in [0.5, 0.6) is 5.75 Å². The van der Waals surface area contributed by atoms with E-state index in [2.05, 4.69) is 0 Å². The molecule has 88 valence electrons. The molecule has 0 heterocycles. The molecule has 2 aromatic carbocycles. The van der Waals surface area contributed by atoms with Crippen LogP contribution in [0.2, 0.25) is 0 Å². The fourth-order valence-electron chi connectivity index (χ4n) is 1.56. The molecule has 0 aliphatic carbocycles. The van der Waals surface area contributed by atoms with Gasteiger partial charge in [-0.25, -0.2) is 0 Å². The minimum Gasteiger partial charge on any atom is -0.489 e. The molecule has 0 saturated heterocycles. The van der Waals surface area contributed by atoms with Crippen molar-refractivity contribution in [3.8, 4) is 5.75 Å². The quantitative estimate of drug-likeness (QED) is 0.791. The monoisotopic (exact) mass is 229 g/mol. The SMILES string of the molecule is Nc1ccccc1COc1cccc(CO)c1. The smallest absolute Gasteiger partial charge is 0.120 e. The number of para-hydroxylation sites is 1. The lowest BCUT2D eigenvalue weighted by Gasteiger charge is -2.09. The Bertz CT molecular complexity index is 497. The summed E-state index contributed by atoms with van der Waals surface area (Å²) in [6.45, 7) is 0.451. The van der Waals surface area contributed by atoms with E-state index in [1.54, 1.807) is 0 Å². The molecule has 2 rings (SSSR count). The molecule has 2 aromatic rings. The molecule has 0 saturated carbocycles. The van der Waals surface area contributed by atoms with E-state index < -0.39 is 0 Å². The minimum absolute atomic E-state index is 0.0185. The Morgan fingerprint density at radius 3 is 2.65 bits per heavy atom. The van der Waals surface area contributed by atoms with Gasteiger partial charge in [0.25, 0.3) is 0 Å². The van der Waals surface area contributed by atoms with Gasteiger partial charge in [-0.1, -0.05) is 30.3 Å². The fraction of sp³-hybridized carbons (Fsp3) is 0.143. The van der Waals surface area contributed by atoms with E-state index >= 15 is 0 Å². The van der Waals surface area contributed by atoms with Crippen LogP contribution in [0, 0.1) is 0 Å². The molecule has 3 heteroatoms. The average Bonchev–Trinajstić information content (AvgIpc) is 2.38. The largest absolute Gasteiger partial charge is 0.489 e.